The zero-order valence-corrected chi connectivity index (χ0v) is 28.3. The van der Waals surface area contributed by atoms with Gasteiger partial charge < -0.3 is 0 Å². The second-order valence-corrected chi connectivity index (χ2v) is 13.5. The molecule has 9 aromatic rings. The summed E-state index contributed by atoms with van der Waals surface area (Å²) >= 11 is 1.83. The van der Waals surface area contributed by atoms with Gasteiger partial charge in [-0.1, -0.05) is 140 Å². The first kappa shape index (κ1) is 30.4. The SMILES string of the molecule is N#Cc1ccc(-c2cc(-c3cc(-c4ccccc4)nc(-c4ccccc4)c3)nc(-c3cccc4c3sc3c(-c5ccccc5)cccc34)c2)cc1. The fourth-order valence-corrected chi connectivity index (χ4v) is 8.14. The lowest BCUT2D eigenvalue weighted by Crippen LogP contribution is -1.95. The summed E-state index contributed by atoms with van der Waals surface area (Å²) in [6, 6.07) is 63.0. The van der Waals surface area contributed by atoms with Gasteiger partial charge in [-0.25, -0.2) is 9.97 Å². The Kier molecular flexibility index (Phi) is 7.74. The van der Waals surface area contributed by atoms with Gasteiger partial charge >= 0.3 is 0 Å². The van der Waals surface area contributed by atoms with Crippen LogP contribution in [0.15, 0.2) is 176 Å². The van der Waals surface area contributed by atoms with Gasteiger partial charge in [-0.05, 0) is 58.7 Å². The molecule has 0 N–H and O–H groups in total. The smallest absolute Gasteiger partial charge is 0.0991 e. The highest BCUT2D eigenvalue weighted by molar-refractivity contribution is 7.26. The Morgan fingerprint density at radius 3 is 1.43 bits per heavy atom. The van der Waals surface area contributed by atoms with Crippen LogP contribution in [0.1, 0.15) is 5.56 Å². The van der Waals surface area contributed by atoms with Crippen LogP contribution in [-0.4, -0.2) is 9.97 Å². The van der Waals surface area contributed by atoms with Gasteiger partial charge in [0.1, 0.15) is 0 Å². The molecule has 4 heteroatoms. The Bertz CT molecular complexity index is 2670. The topological polar surface area (TPSA) is 49.6 Å². The Morgan fingerprint density at radius 2 is 0.843 bits per heavy atom. The minimum Gasteiger partial charge on any atom is -0.248 e. The van der Waals surface area contributed by atoms with Crippen molar-refractivity contribution in [2.75, 3.05) is 0 Å². The number of benzene rings is 6. The number of hydrogen-bond acceptors (Lipinski definition) is 4. The van der Waals surface area contributed by atoms with Gasteiger partial charge in [0.05, 0.1) is 34.4 Å². The molecule has 0 fully saturated rings. The van der Waals surface area contributed by atoms with E-state index in [-0.39, 0.29) is 0 Å². The maximum absolute atomic E-state index is 9.51. The first-order chi connectivity index (χ1) is 25.2. The molecule has 3 heterocycles. The highest BCUT2D eigenvalue weighted by atomic mass is 32.1. The molecular weight excluding hydrogens is 639 g/mol. The maximum Gasteiger partial charge on any atom is 0.0991 e. The molecule has 3 aromatic heterocycles. The monoisotopic (exact) mass is 667 g/mol. The van der Waals surface area contributed by atoms with E-state index in [1.807, 2.05) is 72.0 Å². The van der Waals surface area contributed by atoms with Crippen molar-refractivity contribution in [2.45, 2.75) is 0 Å². The van der Waals surface area contributed by atoms with E-state index in [2.05, 4.69) is 121 Å². The third-order valence-electron chi connectivity index (χ3n) is 9.32. The summed E-state index contributed by atoms with van der Waals surface area (Å²) in [5.41, 5.74) is 12.8. The molecule has 0 atom stereocenters. The third kappa shape index (κ3) is 5.76. The van der Waals surface area contributed by atoms with Crippen molar-refractivity contribution in [1.29, 1.82) is 5.26 Å². The van der Waals surface area contributed by atoms with Gasteiger partial charge in [0.2, 0.25) is 0 Å². The number of aromatic nitrogens is 2. The number of fused-ring (bicyclic) bond motifs is 3. The molecule has 0 aliphatic rings. The van der Waals surface area contributed by atoms with Crippen LogP contribution in [-0.2, 0) is 0 Å². The fourth-order valence-electron chi connectivity index (χ4n) is 6.78. The van der Waals surface area contributed by atoms with Crippen LogP contribution in [0.2, 0.25) is 0 Å². The fraction of sp³-hybridized carbons (Fsp3) is 0. The van der Waals surface area contributed by atoms with E-state index in [9.17, 15) is 5.26 Å². The molecular formula is C47H29N3S. The van der Waals surface area contributed by atoms with Crippen LogP contribution in [0.25, 0.3) is 87.5 Å². The largest absolute Gasteiger partial charge is 0.248 e. The average Bonchev–Trinajstić information content (AvgIpc) is 3.61. The van der Waals surface area contributed by atoms with Crippen LogP contribution in [0.3, 0.4) is 0 Å². The number of thiophene rings is 1. The molecule has 0 saturated heterocycles. The van der Waals surface area contributed by atoms with Crippen LogP contribution < -0.4 is 0 Å². The molecule has 51 heavy (non-hydrogen) atoms. The Balaban J connectivity index is 1.29. The lowest BCUT2D eigenvalue weighted by atomic mass is 9.97. The molecule has 0 aliphatic heterocycles. The van der Waals surface area contributed by atoms with E-state index < -0.39 is 0 Å². The second-order valence-electron chi connectivity index (χ2n) is 12.5. The molecule has 238 valence electrons. The normalized spacial score (nSPS) is 11.1. The molecule has 0 amide bonds. The zero-order chi connectivity index (χ0) is 34.1. The summed E-state index contributed by atoms with van der Waals surface area (Å²) in [6.07, 6.45) is 0. The van der Waals surface area contributed by atoms with Crippen LogP contribution in [0, 0.1) is 11.3 Å². The standard InChI is InChI=1S/C47H29N3S/c48-30-31-22-24-32(25-23-31)36-26-44(37-28-42(34-14-6-2-7-15-34)49-43(29-37)35-16-8-3-9-17-35)50-45(27-36)41-21-11-20-40-39-19-10-18-38(46(39)51-47(40)41)33-12-4-1-5-13-33/h1-29H. The van der Waals surface area contributed by atoms with E-state index in [4.69, 9.17) is 9.97 Å². The highest BCUT2D eigenvalue weighted by Gasteiger charge is 2.17. The number of rotatable bonds is 6. The van der Waals surface area contributed by atoms with Gasteiger partial charge in [0.15, 0.2) is 0 Å². The summed E-state index contributed by atoms with van der Waals surface area (Å²) in [6.45, 7) is 0. The lowest BCUT2D eigenvalue weighted by Gasteiger charge is -2.13. The zero-order valence-electron chi connectivity index (χ0n) is 27.5. The Hall–Kier alpha value is -6.67. The molecule has 0 bridgehead atoms. The van der Waals surface area contributed by atoms with Crippen molar-refractivity contribution in [3.63, 3.8) is 0 Å². The molecule has 0 spiro atoms. The molecule has 3 nitrogen and oxygen atoms in total. The predicted octanol–water partition coefficient (Wildman–Crippen LogP) is 12.7. The van der Waals surface area contributed by atoms with Gasteiger partial charge in [-0.3, -0.25) is 0 Å². The predicted molar refractivity (Wildman–Crippen MR) is 212 cm³/mol. The van der Waals surface area contributed by atoms with E-state index in [1.165, 1.54) is 31.3 Å². The van der Waals surface area contributed by atoms with Crippen molar-refractivity contribution in [2.24, 2.45) is 0 Å². The van der Waals surface area contributed by atoms with Crippen LogP contribution in [0.5, 0.6) is 0 Å². The van der Waals surface area contributed by atoms with Gasteiger partial charge in [-0.15, -0.1) is 11.3 Å². The molecule has 0 aliphatic carbocycles. The van der Waals surface area contributed by atoms with Crippen molar-refractivity contribution in [3.8, 4) is 73.4 Å². The lowest BCUT2D eigenvalue weighted by molar-refractivity contribution is 1.29. The van der Waals surface area contributed by atoms with E-state index in [0.29, 0.717) is 5.56 Å². The molecule has 0 radical (unpaired) electrons. The molecule has 0 saturated carbocycles. The molecule has 9 rings (SSSR count). The molecule has 6 aromatic carbocycles. The van der Waals surface area contributed by atoms with Crippen molar-refractivity contribution in [3.05, 3.63) is 181 Å². The quantitative estimate of drug-likeness (QED) is 0.177. The van der Waals surface area contributed by atoms with E-state index in [0.717, 1.165) is 56.2 Å². The van der Waals surface area contributed by atoms with Gasteiger partial charge in [-0.2, -0.15) is 5.26 Å². The van der Waals surface area contributed by atoms with Crippen LogP contribution in [0.4, 0.5) is 0 Å². The summed E-state index contributed by atoms with van der Waals surface area (Å²) in [5.74, 6) is 0. The number of nitriles is 1. The number of hydrogen-bond donors (Lipinski definition) is 0. The average molecular weight is 668 g/mol. The van der Waals surface area contributed by atoms with Gasteiger partial charge in [0, 0.05) is 42.4 Å². The summed E-state index contributed by atoms with van der Waals surface area (Å²) in [7, 11) is 0. The molecule has 0 unspecified atom stereocenters. The highest BCUT2D eigenvalue weighted by Crippen LogP contribution is 2.44. The van der Waals surface area contributed by atoms with Crippen molar-refractivity contribution < 1.29 is 0 Å². The second kappa shape index (κ2) is 13.0. The maximum atomic E-state index is 9.51. The summed E-state index contributed by atoms with van der Waals surface area (Å²) < 4.78 is 2.47. The summed E-state index contributed by atoms with van der Waals surface area (Å²) in [5, 5.41) is 12.0. The summed E-state index contributed by atoms with van der Waals surface area (Å²) in [4.78, 5) is 10.6. The first-order valence-electron chi connectivity index (χ1n) is 16.9. The number of pyridine rings is 2. The van der Waals surface area contributed by atoms with E-state index >= 15 is 0 Å². The minimum absolute atomic E-state index is 0.631. The van der Waals surface area contributed by atoms with Crippen LogP contribution >= 0.6 is 11.3 Å². The van der Waals surface area contributed by atoms with Crippen molar-refractivity contribution in [1.82, 2.24) is 9.97 Å². The minimum atomic E-state index is 0.631. The first-order valence-corrected chi connectivity index (χ1v) is 17.7. The third-order valence-corrected chi connectivity index (χ3v) is 10.6. The van der Waals surface area contributed by atoms with Gasteiger partial charge in [0.25, 0.3) is 0 Å². The Morgan fingerprint density at radius 1 is 0.373 bits per heavy atom. The Labute approximate surface area is 300 Å². The van der Waals surface area contributed by atoms with E-state index in [1.54, 1.807) is 0 Å². The number of nitrogens with zero attached hydrogens (tertiary/aromatic N) is 3. The van der Waals surface area contributed by atoms with Crippen molar-refractivity contribution >= 4 is 31.5 Å².